The lowest BCUT2D eigenvalue weighted by Gasteiger charge is -2.10. The molecule has 0 unspecified atom stereocenters. The molecule has 0 saturated heterocycles. The number of carboxylic acid groups (broad SMARTS) is 1. The average molecular weight is 355 g/mol. The minimum atomic E-state index is -1.07. The smallest absolute Gasteiger partial charge is 0.339 e. The van der Waals surface area contributed by atoms with Gasteiger partial charge >= 0.3 is 5.97 Å². The highest BCUT2D eigenvalue weighted by molar-refractivity contribution is 9.10. The topological polar surface area (TPSA) is 55.8 Å². The van der Waals surface area contributed by atoms with Crippen molar-refractivity contribution in [2.75, 3.05) is 7.11 Å². The Morgan fingerprint density at radius 2 is 2.00 bits per heavy atom. The first kappa shape index (κ1) is 15.3. The summed E-state index contributed by atoms with van der Waals surface area (Å²) in [4.78, 5) is 11.0. The summed E-state index contributed by atoms with van der Waals surface area (Å²) in [5, 5.41) is 8.99. The number of benzene rings is 2. The van der Waals surface area contributed by atoms with Gasteiger partial charge in [0.2, 0.25) is 0 Å². The van der Waals surface area contributed by atoms with E-state index in [1.165, 1.54) is 25.3 Å². The highest BCUT2D eigenvalue weighted by Crippen LogP contribution is 2.24. The molecule has 0 spiro atoms. The molecule has 0 aliphatic rings. The largest absolute Gasteiger partial charge is 0.496 e. The van der Waals surface area contributed by atoms with Gasteiger partial charge in [0.05, 0.1) is 7.11 Å². The van der Waals surface area contributed by atoms with Crippen LogP contribution in [-0.4, -0.2) is 18.2 Å². The van der Waals surface area contributed by atoms with Crippen LogP contribution in [0.15, 0.2) is 40.9 Å². The number of rotatable bonds is 5. The maximum Gasteiger partial charge on any atom is 0.339 e. The molecule has 2 aromatic carbocycles. The van der Waals surface area contributed by atoms with Crippen molar-refractivity contribution in [2.45, 2.75) is 6.61 Å². The maximum atomic E-state index is 13.6. The Bertz CT molecular complexity index is 673. The monoisotopic (exact) mass is 354 g/mol. The Hall–Kier alpha value is -2.08. The van der Waals surface area contributed by atoms with E-state index in [4.69, 9.17) is 14.6 Å². The van der Waals surface area contributed by atoms with Crippen LogP contribution in [0.5, 0.6) is 11.5 Å². The van der Waals surface area contributed by atoms with Gasteiger partial charge in [-0.05, 0) is 35.9 Å². The molecule has 110 valence electrons. The summed E-state index contributed by atoms with van der Waals surface area (Å²) in [7, 11) is 1.39. The third kappa shape index (κ3) is 3.72. The van der Waals surface area contributed by atoms with Crippen LogP contribution in [0.3, 0.4) is 0 Å². The van der Waals surface area contributed by atoms with E-state index < -0.39 is 11.8 Å². The van der Waals surface area contributed by atoms with Gasteiger partial charge in [-0.3, -0.25) is 0 Å². The van der Waals surface area contributed by atoms with Crippen LogP contribution in [0, 0.1) is 5.82 Å². The molecule has 0 aromatic heterocycles. The molecule has 6 heteroatoms. The van der Waals surface area contributed by atoms with Crippen LogP contribution in [-0.2, 0) is 6.61 Å². The molecule has 0 bridgehead atoms. The molecular formula is C15H12BrFO4. The van der Waals surface area contributed by atoms with Crippen molar-refractivity contribution in [1.82, 2.24) is 0 Å². The van der Waals surface area contributed by atoms with Crippen molar-refractivity contribution in [3.63, 3.8) is 0 Å². The van der Waals surface area contributed by atoms with Crippen molar-refractivity contribution in [3.8, 4) is 11.5 Å². The molecule has 0 aliphatic carbocycles. The quantitative estimate of drug-likeness (QED) is 0.885. The molecule has 21 heavy (non-hydrogen) atoms. The summed E-state index contributed by atoms with van der Waals surface area (Å²) in [6.07, 6.45) is 0. The zero-order valence-corrected chi connectivity index (χ0v) is 12.7. The molecule has 2 rings (SSSR count). The lowest BCUT2D eigenvalue weighted by molar-refractivity contribution is 0.0693. The Morgan fingerprint density at radius 1 is 1.24 bits per heavy atom. The second kappa shape index (κ2) is 6.58. The summed E-state index contributed by atoms with van der Waals surface area (Å²) in [5.74, 6) is -1.18. The van der Waals surface area contributed by atoms with E-state index >= 15 is 0 Å². The zero-order valence-electron chi connectivity index (χ0n) is 11.1. The van der Waals surface area contributed by atoms with Gasteiger partial charge in [-0.15, -0.1) is 0 Å². The molecule has 1 N–H and O–H groups in total. The van der Waals surface area contributed by atoms with Gasteiger partial charge in [0.1, 0.15) is 17.9 Å². The summed E-state index contributed by atoms with van der Waals surface area (Å²) < 4.78 is 24.6. The van der Waals surface area contributed by atoms with Crippen molar-refractivity contribution >= 4 is 21.9 Å². The fourth-order valence-corrected chi connectivity index (χ4v) is 2.09. The average Bonchev–Trinajstić information content (AvgIpc) is 2.45. The Labute approximate surface area is 129 Å². The molecular weight excluding hydrogens is 343 g/mol. The molecule has 2 aromatic rings. The molecule has 0 heterocycles. The number of carboxylic acids is 1. The number of hydrogen-bond acceptors (Lipinski definition) is 3. The Balaban J connectivity index is 2.15. The van der Waals surface area contributed by atoms with E-state index in [2.05, 4.69) is 15.9 Å². The third-order valence-electron chi connectivity index (χ3n) is 2.78. The summed E-state index contributed by atoms with van der Waals surface area (Å²) >= 11 is 3.16. The number of halogens is 2. The first-order valence-electron chi connectivity index (χ1n) is 5.99. The molecule has 0 atom stereocenters. The first-order chi connectivity index (χ1) is 10.0. The van der Waals surface area contributed by atoms with Crippen LogP contribution in [0.2, 0.25) is 0 Å². The number of hydrogen-bond donors (Lipinski definition) is 1. The summed E-state index contributed by atoms with van der Waals surface area (Å²) in [5.41, 5.74) is 0.746. The third-order valence-corrected chi connectivity index (χ3v) is 3.28. The fourth-order valence-electron chi connectivity index (χ4n) is 1.76. The van der Waals surface area contributed by atoms with Crippen LogP contribution >= 0.6 is 15.9 Å². The van der Waals surface area contributed by atoms with Crippen molar-refractivity contribution in [1.29, 1.82) is 0 Å². The molecule has 0 aliphatic heterocycles. The first-order valence-corrected chi connectivity index (χ1v) is 6.78. The van der Waals surface area contributed by atoms with Crippen molar-refractivity contribution in [3.05, 3.63) is 57.8 Å². The molecule has 0 saturated carbocycles. The van der Waals surface area contributed by atoms with Crippen LogP contribution in [0.1, 0.15) is 15.9 Å². The molecule has 0 amide bonds. The Morgan fingerprint density at radius 3 is 2.62 bits per heavy atom. The predicted octanol–water partition coefficient (Wildman–Crippen LogP) is 3.87. The second-order valence-corrected chi connectivity index (χ2v) is 5.12. The molecule has 0 radical (unpaired) electrons. The SMILES string of the molecule is COc1cc(COc2ccc(Br)cc2F)ccc1C(=O)O. The van der Waals surface area contributed by atoms with E-state index in [0.717, 1.165) is 0 Å². The maximum absolute atomic E-state index is 13.6. The van der Waals surface area contributed by atoms with E-state index in [1.54, 1.807) is 18.2 Å². The van der Waals surface area contributed by atoms with Gasteiger partial charge in [0.15, 0.2) is 11.6 Å². The van der Waals surface area contributed by atoms with Gasteiger partial charge in [-0.1, -0.05) is 22.0 Å². The summed E-state index contributed by atoms with van der Waals surface area (Å²) in [6, 6.07) is 9.08. The zero-order chi connectivity index (χ0) is 15.4. The highest BCUT2D eigenvalue weighted by atomic mass is 79.9. The van der Waals surface area contributed by atoms with E-state index in [-0.39, 0.29) is 23.7 Å². The van der Waals surface area contributed by atoms with Crippen LogP contribution in [0.4, 0.5) is 4.39 Å². The van der Waals surface area contributed by atoms with Crippen molar-refractivity contribution < 1.29 is 23.8 Å². The lowest BCUT2D eigenvalue weighted by Crippen LogP contribution is -2.03. The van der Waals surface area contributed by atoms with Crippen LogP contribution < -0.4 is 9.47 Å². The van der Waals surface area contributed by atoms with E-state index in [1.807, 2.05) is 0 Å². The lowest BCUT2D eigenvalue weighted by atomic mass is 10.1. The number of methoxy groups -OCH3 is 1. The number of carbonyl (C=O) groups is 1. The van der Waals surface area contributed by atoms with Crippen molar-refractivity contribution in [2.24, 2.45) is 0 Å². The number of ether oxygens (including phenoxy) is 2. The van der Waals surface area contributed by atoms with E-state index in [0.29, 0.717) is 10.0 Å². The second-order valence-electron chi connectivity index (χ2n) is 4.20. The van der Waals surface area contributed by atoms with Crippen LogP contribution in [0.25, 0.3) is 0 Å². The van der Waals surface area contributed by atoms with Gasteiger partial charge in [-0.25, -0.2) is 9.18 Å². The van der Waals surface area contributed by atoms with Gasteiger partial charge in [0.25, 0.3) is 0 Å². The minimum absolute atomic E-state index is 0.0658. The molecule has 4 nitrogen and oxygen atoms in total. The molecule has 0 fully saturated rings. The fraction of sp³-hybridized carbons (Fsp3) is 0.133. The van der Waals surface area contributed by atoms with Gasteiger partial charge in [0, 0.05) is 4.47 Å². The van der Waals surface area contributed by atoms with Gasteiger partial charge in [-0.2, -0.15) is 0 Å². The van der Waals surface area contributed by atoms with E-state index in [9.17, 15) is 9.18 Å². The normalized spacial score (nSPS) is 10.2. The Kier molecular flexibility index (Phi) is 4.80. The minimum Gasteiger partial charge on any atom is -0.496 e. The predicted molar refractivity (Wildman–Crippen MR) is 78.4 cm³/mol. The van der Waals surface area contributed by atoms with Gasteiger partial charge < -0.3 is 14.6 Å². The standard InChI is InChI=1S/C15H12BrFO4/c1-20-14-6-9(2-4-11(14)15(18)19)8-21-13-5-3-10(16)7-12(13)17/h2-7H,8H2,1H3,(H,18,19). The summed E-state index contributed by atoms with van der Waals surface area (Å²) in [6.45, 7) is 0.106. The number of aromatic carboxylic acids is 1. The highest BCUT2D eigenvalue weighted by Gasteiger charge is 2.12.